The molecule has 2 rings (SSSR count). The van der Waals surface area contributed by atoms with Crippen molar-refractivity contribution in [1.82, 2.24) is 0 Å². The van der Waals surface area contributed by atoms with Gasteiger partial charge in [-0.15, -0.1) is 0 Å². The third kappa shape index (κ3) is 3.03. The molecule has 0 bridgehead atoms. The third-order valence-corrected chi connectivity index (χ3v) is 3.89. The van der Waals surface area contributed by atoms with Crippen molar-refractivity contribution >= 4 is 9.84 Å². The normalized spacial score (nSPS) is 10.5. The number of hydrogen-bond acceptors (Lipinski definition) is 2. The van der Waals surface area contributed by atoms with Gasteiger partial charge in [0.2, 0.25) is 9.84 Å². The smallest absolute Gasteiger partial charge is 1.00 e. The van der Waals surface area contributed by atoms with Gasteiger partial charge in [-0.25, -0.2) is 8.42 Å². The zero-order valence-corrected chi connectivity index (χ0v) is 12.9. The van der Waals surface area contributed by atoms with Gasteiger partial charge < -0.3 is 1.43 Å². The molecule has 0 aromatic heterocycles. The van der Waals surface area contributed by atoms with Crippen LogP contribution in [0.25, 0.3) is 0 Å². The van der Waals surface area contributed by atoms with Crippen LogP contribution < -0.4 is 51.4 Å². The van der Waals surface area contributed by atoms with Gasteiger partial charge in [-0.3, -0.25) is 0 Å². The summed E-state index contributed by atoms with van der Waals surface area (Å²) in [5.41, 5.74) is 0. The first-order valence-electron chi connectivity index (χ1n) is 4.56. The Balaban J connectivity index is 0.00000128. The van der Waals surface area contributed by atoms with Gasteiger partial charge in [0.25, 0.3) is 0 Å². The standard InChI is InChI=1S/C12H10O2S.K.H/c13-15(14,11-7-3-1-4-8-11)12-9-5-2-6-10-12;;/h1-10H;;/q;+1;-1. The minimum atomic E-state index is -3.34. The van der Waals surface area contributed by atoms with Crippen LogP contribution in [0.1, 0.15) is 1.43 Å². The molecule has 0 unspecified atom stereocenters. The fraction of sp³-hybridized carbons (Fsp3) is 0. The van der Waals surface area contributed by atoms with Crippen LogP contribution in [-0.2, 0) is 9.84 Å². The fourth-order valence-electron chi connectivity index (χ4n) is 1.34. The first kappa shape index (κ1) is 14.1. The SMILES string of the molecule is O=S(=O)(c1ccccc1)c1ccccc1.[H-].[K+]. The molecule has 4 heteroatoms. The summed E-state index contributed by atoms with van der Waals surface area (Å²) >= 11 is 0. The summed E-state index contributed by atoms with van der Waals surface area (Å²) in [7, 11) is -3.34. The van der Waals surface area contributed by atoms with Crippen LogP contribution in [0.5, 0.6) is 0 Å². The van der Waals surface area contributed by atoms with E-state index in [2.05, 4.69) is 0 Å². The molecule has 0 saturated carbocycles. The Hall–Kier alpha value is 0.0264. The maximum atomic E-state index is 12.0. The summed E-state index contributed by atoms with van der Waals surface area (Å²) in [5, 5.41) is 0. The molecule has 0 saturated heterocycles. The second kappa shape index (κ2) is 6.09. The molecule has 2 nitrogen and oxygen atoms in total. The largest absolute Gasteiger partial charge is 1.00 e. The van der Waals surface area contributed by atoms with E-state index in [1.807, 2.05) is 0 Å². The van der Waals surface area contributed by atoms with Gasteiger partial charge >= 0.3 is 51.4 Å². The van der Waals surface area contributed by atoms with Gasteiger partial charge in [0, 0.05) is 0 Å². The summed E-state index contributed by atoms with van der Waals surface area (Å²) < 4.78 is 24.1. The molecule has 0 amide bonds. The molecular formula is C12H11KO2S. The number of rotatable bonds is 2. The topological polar surface area (TPSA) is 34.1 Å². The Morgan fingerprint density at radius 2 is 1.00 bits per heavy atom. The van der Waals surface area contributed by atoms with E-state index in [4.69, 9.17) is 0 Å². The van der Waals surface area contributed by atoms with Crippen LogP contribution in [0.2, 0.25) is 0 Å². The minimum absolute atomic E-state index is 0. The van der Waals surface area contributed by atoms with Gasteiger partial charge in [-0.2, -0.15) is 0 Å². The van der Waals surface area contributed by atoms with Crippen molar-refractivity contribution < 1.29 is 61.2 Å². The Morgan fingerprint density at radius 3 is 1.31 bits per heavy atom. The molecule has 0 aliphatic carbocycles. The van der Waals surface area contributed by atoms with Crippen molar-refractivity contribution in [1.29, 1.82) is 0 Å². The first-order chi connectivity index (χ1) is 7.21. The van der Waals surface area contributed by atoms with E-state index in [9.17, 15) is 8.42 Å². The molecule has 0 radical (unpaired) electrons. The quantitative estimate of drug-likeness (QED) is 0.689. The molecule has 78 valence electrons. The van der Waals surface area contributed by atoms with Crippen molar-refractivity contribution in [2.45, 2.75) is 9.79 Å². The van der Waals surface area contributed by atoms with Crippen LogP contribution >= 0.6 is 0 Å². The number of hydrogen-bond donors (Lipinski definition) is 0. The summed E-state index contributed by atoms with van der Waals surface area (Å²) in [5.74, 6) is 0. The maximum Gasteiger partial charge on any atom is 1.00 e. The average molecular weight is 258 g/mol. The molecule has 0 fully saturated rings. The summed E-state index contributed by atoms with van der Waals surface area (Å²) in [6.07, 6.45) is 0. The zero-order chi connectivity index (χ0) is 10.7. The first-order valence-corrected chi connectivity index (χ1v) is 6.05. The summed E-state index contributed by atoms with van der Waals surface area (Å²) in [6.45, 7) is 0. The molecule has 0 aliphatic rings. The van der Waals surface area contributed by atoms with Crippen LogP contribution in [-0.4, -0.2) is 8.42 Å². The van der Waals surface area contributed by atoms with Gasteiger partial charge in [0.1, 0.15) is 0 Å². The van der Waals surface area contributed by atoms with Gasteiger partial charge in [-0.1, -0.05) is 36.4 Å². The molecule has 0 heterocycles. The molecule has 2 aromatic rings. The molecule has 16 heavy (non-hydrogen) atoms. The van der Waals surface area contributed by atoms with E-state index >= 15 is 0 Å². The van der Waals surface area contributed by atoms with E-state index in [0.29, 0.717) is 9.79 Å². The molecule has 0 atom stereocenters. The van der Waals surface area contributed by atoms with E-state index in [0.717, 1.165) is 0 Å². The van der Waals surface area contributed by atoms with Crippen LogP contribution in [0.15, 0.2) is 70.5 Å². The monoisotopic (exact) mass is 258 g/mol. The minimum Gasteiger partial charge on any atom is -1.00 e. The molecule has 2 aromatic carbocycles. The molecule has 0 aliphatic heterocycles. The van der Waals surface area contributed by atoms with E-state index in [1.165, 1.54) is 0 Å². The van der Waals surface area contributed by atoms with Crippen molar-refractivity contribution in [3.8, 4) is 0 Å². The Labute approximate surface area is 140 Å². The summed E-state index contributed by atoms with van der Waals surface area (Å²) in [4.78, 5) is 0.660. The second-order valence-corrected chi connectivity index (χ2v) is 5.08. The number of benzene rings is 2. The van der Waals surface area contributed by atoms with Crippen LogP contribution in [0.4, 0.5) is 0 Å². The Kier molecular flexibility index (Phi) is 5.37. The molecule has 0 N–H and O–H groups in total. The predicted molar refractivity (Wildman–Crippen MR) is 59.4 cm³/mol. The van der Waals surface area contributed by atoms with Crippen molar-refractivity contribution in [3.63, 3.8) is 0 Å². The Morgan fingerprint density at radius 1 is 0.688 bits per heavy atom. The van der Waals surface area contributed by atoms with Gasteiger partial charge in [0.15, 0.2) is 0 Å². The second-order valence-electron chi connectivity index (χ2n) is 3.13. The number of sulfone groups is 1. The van der Waals surface area contributed by atoms with E-state index < -0.39 is 9.84 Å². The van der Waals surface area contributed by atoms with Gasteiger partial charge in [-0.05, 0) is 24.3 Å². The summed E-state index contributed by atoms with van der Waals surface area (Å²) in [6, 6.07) is 16.9. The molecule has 0 spiro atoms. The van der Waals surface area contributed by atoms with E-state index in [1.54, 1.807) is 60.7 Å². The van der Waals surface area contributed by atoms with Crippen LogP contribution in [0, 0.1) is 0 Å². The third-order valence-electron chi connectivity index (χ3n) is 2.11. The van der Waals surface area contributed by atoms with Gasteiger partial charge in [0.05, 0.1) is 9.79 Å². The Bertz CT molecular complexity index is 496. The average Bonchev–Trinajstić information content (AvgIpc) is 2.31. The fourth-order valence-corrected chi connectivity index (χ4v) is 2.64. The van der Waals surface area contributed by atoms with Crippen molar-refractivity contribution in [2.75, 3.05) is 0 Å². The van der Waals surface area contributed by atoms with Crippen LogP contribution in [0.3, 0.4) is 0 Å². The van der Waals surface area contributed by atoms with Crippen molar-refractivity contribution in [2.24, 2.45) is 0 Å². The maximum absolute atomic E-state index is 12.0. The van der Waals surface area contributed by atoms with E-state index in [-0.39, 0.29) is 52.8 Å². The van der Waals surface area contributed by atoms with Crippen molar-refractivity contribution in [3.05, 3.63) is 60.7 Å². The predicted octanol–water partition coefficient (Wildman–Crippen LogP) is -0.364. The molecular weight excluding hydrogens is 247 g/mol. The zero-order valence-electron chi connectivity index (χ0n) is 10.00.